The molecule has 0 N–H and O–H groups in total. The molecule has 0 spiro atoms. The SMILES string of the molecule is CC12CC(=O)C3C(CCC4C5OC5CCC43C)C1CCC2=O. The van der Waals surface area contributed by atoms with E-state index >= 15 is 0 Å². The second-order valence-electron chi connectivity index (χ2n) is 9.14. The van der Waals surface area contributed by atoms with Crippen LogP contribution in [0.25, 0.3) is 0 Å². The van der Waals surface area contributed by atoms with Crippen molar-refractivity contribution in [2.75, 3.05) is 0 Å². The number of fused-ring (bicyclic) bond motifs is 7. The van der Waals surface area contributed by atoms with Crippen LogP contribution in [-0.2, 0) is 14.3 Å². The maximum Gasteiger partial charge on any atom is 0.139 e. The first kappa shape index (κ1) is 13.7. The lowest BCUT2D eigenvalue weighted by atomic mass is 9.45. The molecule has 4 aliphatic carbocycles. The summed E-state index contributed by atoms with van der Waals surface area (Å²) in [5.74, 6) is 2.43. The van der Waals surface area contributed by atoms with Crippen molar-refractivity contribution in [2.24, 2.45) is 34.5 Å². The topological polar surface area (TPSA) is 46.7 Å². The highest BCUT2D eigenvalue weighted by molar-refractivity contribution is 5.95. The highest BCUT2D eigenvalue weighted by atomic mass is 16.6. The lowest BCUT2D eigenvalue weighted by Gasteiger charge is -2.57. The molecule has 5 fully saturated rings. The predicted octanol–water partition coefficient (Wildman–Crippen LogP) is 3.15. The first-order valence-corrected chi connectivity index (χ1v) is 9.16. The Morgan fingerprint density at radius 1 is 1.05 bits per heavy atom. The fourth-order valence-corrected chi connectivity index (χ4v) is 7.19. The first-order chi connectivity index (χ1) is 10.4. The molecule has 0 aromatic carbocycles. The first-order valence-electron chi connectivity index (χ1n) is 9.16. The summed E-state index contributed by atoms with van der Waals surface area (Å²) in [6.07, 6.45) is 7.77. The van der Waals surface area contributed by atoms with Gasteiger partial charge in [-0.3, -0.25) is 9.59 Å². The van der Waals surface area contributed by atoms with Crippen LogP contribution in [0.2, 0.25) is 0 Å². The van der Waals surface area contributed by atoms with E-state index in [2.05, 4.69) is 13.8 Å². The van der Waals surface area contributed by atoms with Crippen molar-refractivity contribution in [3.63, 3.8) is 0 Å². The highest BCUT2D eigenvalue weighted by Gasteiger charge is 2.67. The molecule has 3 heteroatoms. The van der Waals surface area contributed by atoms with Crippen molar-refractivity contribution < 1.29 is 14.3 Å². The number of carbonyl (C=O) groups is 2. The average molecular weight is 302 g/mol. The van der Waals surface area contributed by atoms with Gasteiger partial charge in [0.25, 0.3) is 0 Å². The highest BCUT2D eigenvalue weighted by Crippen LogP contribution is 2.66. The molecule has 1 aliphatic heterocycles. The van der Waals surface area contributed by atoms with Gasteiger partial charge in [0.05, 0.1) is 12.2 Å². The van der Waals surface area contributed by atoms with E-state index in [1.54, 1.807) is 0 Å². The maximum absolute atomic E-state index is 13.1. The molecule has 0 bridgehead atoms. The van der Waals surface area contributed by atoms with E-state index in [1.165, 1.54) is 6.42 Å². The molecule has 8 atom stereocenters. The minimum atomic E-state index is -0.339. The van der Waals surface area contributed by atoms with Crippen molar-refractivity contribution in [2.45, 2.75) is 71.0 Å². The third-order valence-corrected chi connectivity index (χ3v) is 8.33. The van der Waals surface area contributed by atoms with Gasteiger partial charge in [-0.15, -0.1) is 0 Å². The molecule has 22 heavy (non-hydrogen) atoms. The normalized spacial score (nSPS) is 59.4. The lowest BCUT2D eigenvalue weighted by Crippen LogP contribution is -2.58. The van der Waals surface area contributed by atoms with Crippen LogP contribution in [0.3, 0.4) is 0 Å². The predicted molar refractivity (Wildman–Crippen MR) is 81.2 cm³/mol. The van der Waals surface area contributed by atoms with Gasteiger partial charge >= 0.3 is 0 Å². The molecule has 0 aromatic heterocycles. The number of Topliss-reactive ketones (excluding diaryl/α,β-unsaturated/α-hetero) is 2. The van der Waals surface area contributed by atoms with E-state index < -0.39 is 0 Å². The molecule has 5 aliphatic rings. The minimum Gasteiger partial charge on any atom is -0.369 e. The zero-order valence-electron chi connectivity index (χ0n) is 13.6. The summed E-state index contributed by atoms with van der Waals surface area (Å²) < 4.78 is 5.89. The second-order valence-corrected chi connectivity index (χ2v) is 9.14. The smallest absolute Gasteiger partial charge is 0.139 e. The standard InChI is InChI=1S/C19H26O3/c1-18-8-7-14-17(22-14)12(18)4-3-10-11-5-6-15(21)19(11,2)9-13(20)16(10)18/h10-12,14,16-17H,3-9H2,1-2H3. The quantitative estimate of drug-likeness (QED) is 0.646. The Labute approximate surface area is 132 Å². The van der Waals surface area contributed by atoms with Crippen LogP contribution in [-0.4, -0.2) is 23.8 Å². The molecule has 3 nitrogen and oxygen atoms in total. The van der Waals surface area contributed by atoms with Crippen LogP contribution in [0.4, 0.5) is 0 Å². The number of rotatable bonds is 0. The van der Waals surface area contributed by atoms with Crippen LogP contribution in [0.5, 0.6) is 0 Å². The van der Waals surface area contributed by atoms with Crippen LogP contribution in [0, 0.1) is 34.5 Å². The van der Waals surface area contributed by atoms with E-state index in [-0.39, 0.29) is 16.7 Å². The van der Waals surface area contributed by atoms with Crippen molar-refractivity contribution in [3.8, 4) is 0 Å². The molecule has 1 saturated heterocycles. The number of epoxide rings is 1. The summed E-state index contributed by atoms with van der Waals surface area (Å²) in [5, 5.41) is 0. The number of ketones is 2. The number of hydrogen-bond donors (Lipinski definition) is 0. The Morgan fingerprint density at radius 3 is 2.68 bits per heavy atom. The van der Waals surface area contributed by atoms with E-state index in [0.29, 0.717) is 54.4 Å². The van der Waals surface area contributed by atoms with Crippen molar-refractivity contribution in [1.29, 1.82) is 0 Å². The minimum absolute atomic E-state index is 0.130. The molecule has 8 unspecified atom stereocenters. The van der Waals surface area contributed by atoms with Crippen molar-refractivity contribution in [1.82, 2.24) is 0 Å². The molecule has 120 valence electrons. The Bertz CT molecular complexity index is 569. The Balaban J connectivity index is 1.55. The van der Waals surface area contributed by atoms with Gasteiger partial charge in [0.15, 0.2) is 0 Å². The zero-order valence-corrected chi connectivity index (χ0v) is 13.6. The van der Waals surface area contributed by atoms with Crippen LogP contribution < -0.4 is 0 Å². The molecule has 0 aromatic rings. The van der Waals surface area contributed by atoms with Gasteiger partial charge in [-0.05, 0) is 55.3 Å². The van der Waals surface area contributed by atoms with E-state index in [1.807, 2.05) is 0 Å². The van der Waals surface area contributed by atoms with Gasteiger partial charge < -0.3 is 4.74 Å². The van der Waals surface area contributed by atoms with Gasteiger partial charge in [-0.1, -0.05) is 13.8 Å². The molecular weight excluding hydrogens is 276 g/mol. The third kappa shape index (κ3) is 1.47. The summed E-state index contributed by atoms with van der Waals surface area (Å²) in [6, 6.07) is 0. The Hall–Kier alpha value is -0.700. The largest absolute Gasteiger partial charge is 0.369 e. The van der Waals surface area contributed by atoms with Crippen molar-refractivity contribution in [3.05, 3.63) is 0 Å². The van der Waals surface area contributed by atoms with E-state index in [0.717, 1.165) is 25.7 Å². The summed E-state index contributed by atoms with van der Waals surface area (Å²) >= 11 is 0. The molecule has 0 amide bonds. The molecule has 5 rings (SSSR count). The maximum atomic E-state index is 13.1. The molecular formula is C19H26O3. The summed E-state index contributed by atoms with van der Waals surface area (Å²) in [4.78, 5) is 25.5. The Kier molecular flexibility index (Phi) is 2.51. The van der Waals surface area contributed by atoms with Crippen molar-refractivity contribution >= 4 is 11.6 Å². The van der Waals surface area contributed by atoms with E-state index in [4.69, 9.17) is 4.74 Å². The van der Waals surface area contributed by atoms with Crippen LogP contribution in [0.1, 0.15) is 58.8 Å². The second kappa shape index (κ2) is 4.03. The number of ether oxygens (including phenoxy) is 1. The van der Waals surface area contributed by atoms with Gasteiger partial charge in [0.2, 0.25) is 0 Å². The van der Waals surface area contributed by atoms with Gasteiger partial charge in [0.1, 0.15) is 11.6 Å². The monoisotopic (exact) mass is 302 g/mol. The Morgan fingerprint density at radius 2 is 1.86 bits per heavy atom. The van der Waals surface area contributed by atoms with Gasteiger partial charge in [-0.2, -0.15) is 0 Å². The summed E-state index contributed by atoms with van der Waals surface area (Å²) in [7, 11) is 0. The number of hydrogen-bond acceptors (Lipinski definition) is 3. The third-order valence-electron chi connectivity index (χ3n) is 8.33. The number of carbonyl (C=O) groups excluding carboxylic acids is 2. The lowest BCUT2D eigenvalue weighted by molar-refractivity contribution is -0.158. The molecule has 0 radical (unpaired) electrons. The zero-order chi connectivity index (χ0) is 15.3. The van der Waals surface area contributed by atoms with Crippen LogP contribution in [0.15, 0.2) is 0 Å². The molecule has 1 heterocycles. The average Bonchev–Trinajstić information content (AvgIpc) is 3.18. The summed E-state index contributed by atoms with van der Waals surface area (Å²) in [6.45, 7) is 4.44. The fraction of sp³-hybridized carbons (Fsp3) is 0.895. The van der Waals surface area contributed by atoms with Gasteiger partial charge in [0, 0.05) is 24.2 Å². The fourth-order valence-electron chi connectivity index (χ4n) is 7.19. The van der Waals surface area contributed by atoms with Gasteiger partial charge in [-0.25, -0.2) is 0 Å². The molecule has 4 saturated carbocycles. The summed E-state index contributed by atoms with van der Waals surface area (Å²) in [5.41, 5.74) is -0.209. The van der Waals surface area contributed by atoms with E-state index in [9.17, 15) is 9.59 Å². The van der Waals surface area contributed by atoms with Crippen LogP contribution >= 0.6 is 0 Å².